The number of carbonyl (C=O) groups excluding carboxylic acids is 1. The fraction of sp³-hybridized carbons (Fsp3) is 0.500. The van der Waals surface area contributed by atoms with Crippen molar-refractivity contribution in [1.29, 1.82) is 0 Å². The Bertz CT molecular complexity index is 457. The zero-order chi connectivity index (χ0) is 13.8. The summed E-state index contributed by atoms with van der Waals surface area (Å²) < 4.78 is 5.06. The number of nitrogens with zero attached hydrogens (tertiary/aromatic N) is 1. The molecule has 1 aliphatic rings. The molecule has 1 saturated heterocycles. The van der Waals surface area contributed by atoms with Gasteiger partial charge in [0.15, 0.2) is 0 Å². The molecular weight excluding hydrogens is 285 g/mol. The normalized spacial score (nSPS) is 16.5. The molecule has 19 heavy (non-hydrogen) atoms. The molecule has 0 amide bonds. The lowest BCUT2D eigenvalue weighted by atomic mass is 9.96. The Labute approximate surface area is 123 Å². The van der Waals surface area contributed by atoms with E-state index in [1.165, 1.54) is 0 Å². The smallest absolute Gasteiger partial charge is 0.309 e. The highest BCUT2D eigenvalue weighted by Gasteiger charge is 2.26. The SMILES string of the molecule is CCOC(=O)C1CCN(c2ccc(Cl)cc2Cl)CC1. The summed E-state index contributed by atoms with van der Waals surface area (Å²) in [6, 6.07) is 5.51. The topological polar surface area (TPSA) is 29.5 Å². The summed E-state index contributed by atoms with van der Waals surface area (Å²) >= 11 is 12.1. The first kappa shape index (κ1) is 14.5. The maximum Gasteiger partial charge on any atom is 0.309 e. The van der Waals surface area contributed by atoms with Gasteiger partial charge in [0.05, 0.1) is 23.2 Å². The lowest BCUT2D eigenvalue weighted by molar-refractivity contribution is -0.148. The fourth-order valence-corrected chi connectivity index (χ4v) is 2.88. The van der Waals surface area contributed by atoms with Gasteiger partial charge in [-0.1, -0.05) is 23.2 Å². The minimum absolute atomic E-state index is 0.0160. The van der Waals surface area contributed by atoms with Crippen molar-refractivity contribution in [3.05, 3.63) is 28.2 Å². The van der Waals surface area contributed by atoms with E-state index >= 15 is 0 Å². The Morgan fingerprint density at radius 3 is 2.63 bits per heavy atom. The highest BCUT2D eigenvalue weighted by Crippen LogP contribution is 2.31. The van der Waals surface area contributed by atoms with Crippen LogP contribution in [0.2, 0.25) is 10.0 Å². The zero-order valence-electron chi connectivity index (χ0n) is 10.9. The fourth-order valence-electron chi connectivity index (χ4n) is 2.35. The van der Waals surface area contributed by atoms with E-state index in [-0.39, 0.29) is 11.9 Å². The van der Waals surface area contributed by atoms with Crippen LogP contribution in [0.15, 0.2) is 18.2 Å². The molecule has 1 aromatic carbocycles. The standard InChI is InChI=1S/C14H17Cl2NO2/c1-2-19-14(18)10-5-7-17(8-6-10)13-4-3-11(15)9-12(13)16/h3-4,9-10H,2,5-8H2,1H3. The van der Waals surface area contributed by atoms with Gasteiger partial charge in [-0.3, -0.25) is 4.79 Å². The van der Waals surface area contributed by atoms with Crippen LogP contribution in [0.3, 0.4) is 0 Å². The molecule has 104 valence electrons. The molecular formula is C14H17Cl2NO2. The molecule has 0 saturated carbocycles. The van der Waals surface area contributed by atoms with E-state index in [0.29, 0.717) is 16.7 Å². The number of hydrogen-bond donors (Lipinski definition) is 0. The first-order valence-electron chi connectivity index (χ1n) is 6.48. The van der Waals surface area contributed by atoms with Crippen molar-refractivity contribution in [2.24, 2.45) is 5.92 Å². The van der Waals surface area contributed by atoms with Gasteiger partial charge in [-0.25, -0.2) is 0 Å². The van der Waals surface area contributed by atoms with Crippen LogP contribution in [-0.4, -0.2) is 25.7 Å². The van der Waals surface area contributed by atoms with Crippen LogP contribution in [0.1, 0.15) is 19.8 Å². The van der Waals surface area contributed by atoms with Crippen molar-refractivity contribution in [3.8, 4) is 0 Å². The molecule has 0 aliphatic carbocycles. The summed E-state index contributed by atoms with van der Waals surface area (Å²) in [6.45, 7) is 3.90. The second kappa shape index (κ2) is 6.49. The molecule has 1 aromatic rings. The van der Waals surface area contributed by atoms with Crippen LogP contribution >= 0.6 is 23.2 Å². The lowest BCUT2D eigenvalue weighted by Crippen LogP contribution is -2.37. The quantitative estimate of drug-likeness (QED) is 0.796. The van der Waals surface area contributed by atoms with E-state index in [0.717, 1.165) is 31.6 Å². The number of benzene rings is 1. The number of anilines is 1. The number of carbonyl (C=O) groups is 1. The third kappa shape index (κ3) is 3.54. The number of halogens is 2. The molecule has 0 atom stereocenters. The third-order valence-corrected chi connectivity index (χ3v) is 3.90. The maximum absolute atomic E-state index is 11.7. The van der Waals surface area contributed by atoms with Crippen LogP contribution in [0.25, 0.3) is 0 Å². The third-order valence-electron chi connectivity index (χ3n) is 3.37. The number of rotatable bonds is 3. The monoisotopic (exact) mass is 301 g/mol. The molecule has 0 bridgehead atoms. The highest BCUT2D eigenvalue weighted by atomic mass is 35.5. The predicted octanol–water partition coefficient (Wildman–Crippen LogP) is 3.77. The molecule has 0 N–H and O–H groups in total. The second-order valence-electron chi connectivity index (χ2n) is 4.61. The molecule has 0 unspecified atom stereocenters. The molecule has 1 aliphatic heterocycles. The minimum Gasteiger partial charge on any atom is -0.466 e. The molecule has 0 aromatic heterocycles. The van der Waals surface area contributed by atoms with Gasteiger partial charge in [-0.15, -0.1) is 0 Å². The van der Waals surface area contributed by atoms with Crippen molar-refractivity contribution < 1.29 is 9.53 Å². The largest absolute Gasteiger partial charge is 0.466 e. The molecule has 5 heteroatoms. The summed E-state index contributed by atoms with van der Waals surface area (Å²) in [5.41, 5.74) is 0.980. The summed E-state index contributed by atoms with van der Waals surface area (Å²) in [4.78, 5) is 13.9. The molecule has 0 spiro atoms. The van der Waals surface area contributed by atoms with Crippen molar-refractivity contribution in [3.63, 3.8) is 0 Å². The van der Waals surface area contributed by atoms with E-state index < -0.39 is 0 Å². The Hall–Kier alpha value is -0.930. The first-order chi connectivity index (χ1) is 9.11. The average molecular weight is 302 g/mol. The maximum atomic E-state index is 11.7. The van der Waals surface area contributed by atoms with Crippen LogP contribution in [0.5, 0.6) is 0 Å². The average Bonchev–Trinajstić information content (AvgIpc) is 2.39. The van der Waals surface area contributed by atoms with Crippen LogP contribution in [-0.2, 0) is 9.53 Å². The highest BCUT2D eigenvalue weighted by molar-refractivity contribution is 6.36. The van der Waals surface area contributed by atoms with E-state index in [4.69, 9.17) is 27.9 Å². The predicted molar refractivity (Wildman–Crippen MR) is 78.0 cm³/mol. The van der Waals surface area contributed by atoms with E-state index in [1.807, 2.05) is 19.1 Å². The number of hydrogen-bond acceptors (Lipinski definition) is 3. The molecule has 1 fully saturated rings. The summed E-state index contributed by atoms with van der Waals surface area (Å²) in [5, 5.41) is 1.29. The summed E-state index contributed by atoms with van der Waals surface area (Å²) in [5.74, 6) is -0.0633. The first-order valence-corrected chi connectivity index (χ1v) is 7.24. The number of ether oxygens (including phenoxy) is 1. The van der Waals surface area contributed by atoms with Crippen molar-refractivity contribution in [1.82, 2.24) is 0 Å². The van der Waals surface area contributed by atoms with Gasteiger partial charge >= 0.3 is 5.97 Å². The van der Waals surface area contributed by atoms with Gasteiger partial charge in [0, 0.05) is 18.1 Å². The van der Waals surface area contributed by atoms with Crippen molar-refractivity contribution in [2.75, 3.05) is 24.6 Å². The zero-order valence-corrected chi connectivity index (χ0v) is 12.4. The Morgan fingerprint density at radius 2 is 2.05 bits per heavy atom. The summed E-state index contributed by atoms with van der Waals surface area (Å²) in [7, 11) is 0. The van der Waals surface area contributed by atoms with E-state index in [2.05, 4.69) is 4.90 Å². The summed E-state index contributed by atoms with van der Waals surface area (Å²) in [6.07, 6.45) is 1.61. The minimum atomic E-state index is -0.0793. The molecule has 1 heterocycles. The van der Waals surface area contributed by atoms with Gasteiger partial charge in [0.25, 0.3) is 0 Å². The second-order valence-corrected chi connectivity index (χ2v) is 5.45. The Morgan fingerprint density at radius 1 is 1.37 bits per heavy atom. The van der Waals surface area contributed by atoms with Crippen LogP contribution in [0, 0.1) is 5.92 Å². The van der Waals surface area contributed by atoms with Gasteiger partial charge in [-0.2, -0.15) is 0 Å². The molecule has 0 radical (unpaired) electrons. The van der Waals surface area contributed by atoms with Gasteiger partial charge < -0.3 is 9.64 Å². The Kier molecular flexibility index (Phi) is 4.94. The lowest BCUT2D eigenvalue weighted by Gasteiger charge is -2.33. The van der Waals surface area contributed by atoms with E-state index in [1.54, 1.807) is 6.07 Å². The van der Waals surface area contributed by atoms with E-state index in [9.17, 15) is 4.79 Å². The van der Waals surface area contributed by atoms with Crippen molar-refractivity contribution >= 4 is 34.9 Å². The van der Waals surface area contributed by atoms with Crippen LogP contribution < -0.4 is 4.90 Å². The molecule has 3 nitrogen and oxygen atoms in total. The van der Waals surface area contributed by atoms with Crippen LogP contribution in [0.4, 0.5) is 5.69 Å². The van der Waals surface area contributed by atoms with Gasteiger partial charge in [-0.05, 0) is 38.0 Å². The Balaban J connectivity index is 1.98. The number of piperidine rings is 1. The van der Waals surface area contributed by atoms with Crippen molar-refractivity contribution in [2.45, 2.75) is 19.8 Å². The van der Waals surface area contributed by atoms with Gasteiger partial charge in [0.1, 0.15) is 0 Å². The number of esters is 1. The van der Waals surface area contributed by atoms with Gasteiger partial charge in [0.2, 0.25) is 0 Å². The molecule has 2 rings (SSSR count).